The molecule has 29 heavy (non-hydrogen) atoms. The van der Waals surface area contributed by atoms with Crippen LogP contribution in [0.25, 0.3) is 5.69 Å². The van der Waals surface area contributed by atoms with Crippen molar-refractivity contribution >= 4 is 23.8 Å². The van der Waals surface area contributed by atoms with Gasteiger partial charge in [0.05, 0.1) is 12.7 Å². The number of fused-ring (bicyclic) bond motifs is 1. The number of carboxylic acids is 2. The summed E-state index contributed by atoms with van der Waals surface area (Å²) in [7, 11) is 0. The number of carbonyl (C=O) groups is 2. The van der Waals surface area contributed by atoms with Gasteiger partial charge in [-0.15, -0.1) is 0 Å². The van der Waals surface area contributed by atoms with E-state index in [9.17, 15) is 19.8 Å². The minimum Gasteiger partial charge on any atom is -0.481 e. The largest absolute Gasteiger partial charge is 0.481 e. The highest BCUT2D eigenvalue weighted by Crippen LogP contribution is 2.41. The van der Waals surface area contributed by atoms with Crippen LogP contribution in [0.1, 0.15) is 17.5 Å². The molecule has 3 aromatic rings. The van der Waals surface area contributed by atoms with Gasteiger partial charge in [-0.3, -0.25) is 14.6 Å². The summed E-state index contributed by atoms with van der Waals surface area (Å²) in [6, 6.07) is 14.4. The Morgan fingerprint density at radius 1 is 1.14 bits per heavy atom. The Kier molecular flexibility index (Phi) is 4.59. The zero-order valence-corrected chi connectivity index (χ0v) is 15.3. The fourth-order valence-corrected chi connectivity index (χ4v) is 3.56. The third-order valence-corrected chi connectivity index (χ3v) is 4.97. The Labute approximate surface area is 166 Å². The SMILES string of the molecule is O=C(O)CC(C(=O)O)C1(c2ccccc2)N=Cc2cc(-n3ccnc3)ccc2N1. The summed E-state index contributed by atoms with van der Waals surface area (Å²) in [5.41, 5.74) is 1.46. The van der Waals surface area contributed by atoms with Crippen molar-refractivity contribution in [3.05, 3.63) is 78.4 Å². The molecule has 8 nitrogen and oxygen atoms in total. The number of benzene rings is 2. The fraction of sp³-hybridized carbons (Fsp3) is 0.143. The van der Waals surface area contributed by atoms with Crippen molar-refractivity contribution in [3.63, 3.8) is 0 Å². The van der Waals surface area contributed by atoms with E-state index in [4.69, 9.17) is 0 Å². The average molecular weight is 390 g/mol. The van der Waals surface area contributed by atoms with E-state index in [1.807, 2.05) is 35.0 Å². The van der Waals surface area contributed by atoms with Gasteiger partial charge in [0.2, 0.25) is 0 Å². The quantitative estimate of drug-likeness (QED) is 0.596. The van der Waals surface area contributed by atoms with Gasteiger partial charge in [-0.1, -0.05) is 30.3 Å². The van der Waals surface area contributed by atoms with Crippen molar-refractivity contribution in [3.8, 4) is 5.69 Å². The van der Waals surface area contributed by atoms with Gasteiger partial charge >= 0.3 is 11.9 Å². The van der Waals surface area contributed by atoms with Crippen LogP contribution in [-0.2, 0) is 15.3 Å². The van der Waals surface area contributed by atoms with E-state index in [0.717, 1.165) is 11.3 Å². The van der Waals surface area contributed by atoms with E-state index >= 15 is 0 Å². The molecule has 2 unspecified atom stereocenters. The highest BCUT2D eigenvalue weighted by atomic mass is 16.4. The molecule has 2 heterocycles. The van der Waals surface area contributed by atoms with Gasteiger partial charge < -0.3 is 20.1 Å². The monoisotopic (exact) mass is 390 g/mol. The number of imidazole rings is 1. The molecule has 0 saturated carbocycles. The van der Waals surface area contributed by atoms with Gasteiger partial charge in [0.25, 0.3) is 0 Å². The van der Waals surface area contributed by atoms with E-state index in [1.165, 1.54) is 0 Å². The van der Waals surface area contributed by atoms with Crippen LogP contribution in [0.5, 0.6) is 0 Å². The molecule has 4 rings (SSSR count). The number of anilines is 1. The third kappa shape index (κ3) is 3.36. The van der Waals surface area contributed by atoms with Gasteiger partial charge in [0, 0.05) is 41.1 Å². The van der Waals surface area contributed by atoms with E-state index in [1.54, 1.807) is 43.0 Å². The van der Waals surface area contributed by atoms with E-state index in [0.29, 0.717) is 11.3 Å². The van der Waals surface area contributed by atoms with Crippen LogP contribution in [0.3, 0.4) is 0 Å². The second-order valence-electron chi connectivity index (χ2n) is 6.75. The molecule has 1 aromatic heterocycles. The molecule has 146 valence electrons. The first-order valence-corrected chi connectivity index (χ1v) is 8.95. The molecular formula is C21H18N4O4. The van der Waals surface area contributed by atoms with Crippen molar-refractivity contribution in [2.45, 2.75) is 12.1 Å². The van der Waals surface area contributed by atoms with Crippen molar-refractivity contribution in [1.29, 1.82) is 0 Å². The number of hydrogen-bond acceptors (Lipinski definition) is 5. The third-order valence-electron chi connectivity index (χ3n) is 4.97. The number of aliphatic imine (C=N–C) groups is 1. The summed E-state index contributed by atoms with van der Waals surface area (Å²) in [5, 5.41) is 22.4. The van der Waals surface area contributed by atoms with Crippen LogP contribution >= 0.6 is 0 Å². The molecule has 2 aromatic carbocycles. The lowest BCUT2D eigenvalue weighted by atomic mass is 9.82. The number of rotatable bonds is 6. The van der Waals surface area contributed by atoms with Crippen molar-refractivity contribution in [2.75, 3.05) is 5.32 Å². The number of hydrogen-bond donors (Lipinski definition) is 3. The lowest BCUT2D eigenvalue weighted by Crippen LogP contribution is -2.47. The highest BCUT2D eigenvalue weighted by Gasteiger charge is 2.47. The molecule has 8 heteroatoms. The van der Waals surface area contributed by atoms with Crippen molar-refractivity contribution in [2.24, 2.45) is 10.9 Å². The van der Waals surface area contributed by atoms with Crippen LogP contribution in [0.4, 0.5) is 5.69 Å². The summed E-state index contributed by atoms with van der Waals surface area (Å²) in [6.45, 7) is 0. The molecular weight excluding hydrogens is 372 g/mol. The Bertz CT molecular complexity index is 1080. The van der Waals surface area contributed by atoms with Crippen molar-refractivity contribution < 1.29 is 19.8 Å². The number of nitrogens with one attached hydrogen (secondary N) is 1. The summed E-state index contributed by atoms with van der Waals surface area (Å²) in [6.07, 6.45) is 6.19. The van der Waals surface area contributed by atoms with Gasteiger partial charge in [0.1, 0.15) is 5.92 Å². The predicted molar refractivity (Wildman–Crippen MR) is 106 cm³/mol. The second kappa shape index (κ2) is 7.23. The molecule has 0 fully saturated rings. The Morgan fingerprint density at radius 3 is 2.59 bits per heavy atom. The molecule has 1 aliphatic rings. The van der Waals surface area contributed by atoms with E-state index in [2.05, 4.69) is 15.3 Å². The predicted octanol–water partition coefficient (Wildman–Crippen LogP) is 2.75. The number of aromatic nitrogens is 2. The minimum absolute atomic E-state index is 0.572. The highest BCUT2D eigenvalue weighted by molar-refractivity contribution is 5.92. The molecule has 0 amide bonds. The smallest absolute Gasteiger partial charge is 0.311 e. The summed E-state index contributed by atoms with van der Waals surface area (Å²) >= 11 is 0. The molecule has 0 radical (unpaired) electrons. The molecule has 0 bridgehead atoms. The van der Waals surface area contributed by atoms with Crippen LogP contribution in [0, 0.1) is 5.92 Å². The zero-order chi connectivity index (χ0) is 20.4. The molecule has 0 aliphatic carbocycles. The maximum Gasteiger partial charge on any atom is 0.311 e. The summed E-state index contributed by atoms with van der Waals surface area (Å²) < 4.78 is 1.84. The molecule has 0 spiro atoms. The first kappa shape index (κ1) is 18.4. The van der Waals surface area contributed by atoms with E-state index < -0.39 is 29.9 Å². The normalized spacial score (nSPS) is 18.5. The second-order valence-corrected chi connectivity index (χ2v) is 6.75. The van der Waals surface area contributed by atoms with Crippen LogP contribution in [0.15, 0.2) is 72.2 Å². The maximum absolute atomic E-state index is 12.0. The Hall–Kier alpha value is -3.94. The molecule has 0 saturated heterocycles. The van der Waals surface area contributed by atoms with Crippen molar-refractivity contribution in [1.82, 2.24) is 9.55 Å². The van der Waals surface area contributed by atoms with Gasteiger partial charge in [-0.05, 0) is 18.2 Å². The standard InChI is InChI=1S/C21H18N4O4/c26-19(27)11-17(20(28)29)21(15-4-2-1-3-5-15)23-12-14-10-16(6-7-18(14)24-21)25-9-8-22-13-25/h1-10,12-13,17,24H,11H2,(H,26,27)(H,28,29). The molecule has 1 aliphatic heterocycles. The topological polar surface area (TPSA) is 117 Å². The zero-order valence-electron chi connectivity index (χ0n) is 15.3. The number of nitrogens with zero attached hydrogens (tertiary/aromatic N) is 3. The first-order valence-electron chi connectivity index (χ1n) is 8.95. The van der Waals surface area contributed by atoms with Crippen LogP contribution in [0.2, 0.25) is 0 Å². The fourth-order valence-electron chi connectivity index (χ4n) is 3.56. The Morgan fingerprint density at radius 2 is 1.93 bits per heavy atom. The number of aliphatic carboxylic acids is 2. The van der Waals surface area contributed by atoms with Crippen LogP contribution in [-0.4, -0.2) is 37.9 Å². The molecule has 2 atom stereocenters. The average Bonchev–Trinajstić information content (AvgIpc) is 3.26. The van der Waals surface area contributed by atoms with Gasteiger partial charge in [-0.2, -0.15) is 0 Å². The first-order chi connectivity index (χ1) is 14.0. The lowest BCUT2D eigenvalue weighted by molar-refractivity contribution is -0.150. The Balaban J connectivity index is 1.82. The van der Waals surface area contributed by atoms with E-state index in [-0.39, 0.29) is 0 Å². The van der Waals surface area contributed by atoms with Gasteiger partial charge in [-0.25, -0.2) is 4.98 Å². The maximum atomic E-state index is 12.0. The lowest BCUT2D eigenvalue weighted by Gasteiger charge is -2.39. The summed E-state index contributed by atoms with van der Waals surface area (Å²) in [5.74, 6) is -3.74. The number of carboxylic acid groups (broad SMARTS) is 2. The van der Waals surface area contributed by atoms with Crippen LogP contribution < -0.4 is 5.32 Å². The molecule has 3 N–H and O–H groups in total. The minimum atomic E-state index is -1.44. The summed E-state index contributed by atoms with van der Waals surface area (Å²) in [4.78, 5) is 32.0. The van der Waals surface area contributed by atoms with Gasteiger partial charge in [0.15, 0.2) is 5.66 Å².